The van der Waals surface area contributed by atoms with E-state index in [1.165, 1.54) is 231 Å². The summed E-state index contributed by atoms with van der Waals surface area (Å²) in [6, 6.07) is 0. The van der Waals surface area contributed by atoms with Gasteiger partial charge < -0.3 is 14.2 Å². The third-order valence-corrected chi connectivity index (χ3v) is 13.5. The molecule has 1 atom stereocenters. The highest BCUT2D eigenvalue weighted by atomic mass is 16.6. The Kier molecular flexibility index (Phi) is 54.2. The Balaban J connectivity index is 4.31. The minimum Gasteiger partial charge on any atom is -0.462 e. The molecule has 0 radical (unpaired) electrons. The molecule has 0 aromatic heterocycles. The van der Waals surface area contributed by atoms with Crippen molar-refractivity contribution in [1.29, 1.82) is 0 Å². The monoisotopic (exact) mass is 931 g/mol. The summed E-state index contributed by atoms with van der Waals surface area (Å²) in [4.78, 5) is 38.2. The molecule has 0 bridgehead atoms. The van der Waals surface area contributed by atoms with E-state index in [4.69, 9.17) is 14.2 Å². The van der Waals surface area contributed by atoms with Crippen molar-refractivity contribution in [2.45, 2.75) is 341 Å². The molecule has 1 unspecified atom stereocenters. The maximum Gasteiger partial charge on any atom is 0.306 e. The second-order valence-electron chi connectivity index (χ2n) is 20.3. The lowest BCUT2D eigenvalue weighted by atomic mass is 10.0. The number of rotatable bonds is 55. The Bertz CT molecular complexity index is 1020. The number of ether oxygens (including phenoxy) is 3. The molecule has 0 aliphatic heterocycles. The molecule has 6 nitrogen and oxygen atoms in total. The number of carbonyl (C=O) groups is 3. The fraction of sp³-hybridized carbons (Fsp3) is 0.917. The van der Waals surface area contributed by atoms with Crippen LogP contribution in [0.1, 0.15) is 335 Å². The highest BCUT2D eigenvalue weighted by Crippen LogP contribution is 2.17. The summed E-state index contributed by atoms with van der Waals surface area (Å²) in [6.45, 7) is 6.69. The van der Waals surface area contributed by atoms with Crippen LogP contribution in [0, 0.1) is 0 Å². The van der Waals surface area contributed by atoms with Gasteiger partial charge in [-0.2, -0.15) is 0 Å². The maximum atomic E-state index is 12.9. The predicted molar refractivity (Wildman–Crippen MR) is 284 cm³/mol. The van der Waals surface area contributed by atoms with Crippen LogP contribution < -0.4 is 0 Å². The maximum absolute atomic E-state index is 12.9. The van der Waals surface area contributed by atoms with Gasteiger partial charge in [-0.1, -0.05) is 283 Å². The van der Waals surface area contributed by atoms with E-state index in [2.05, 4.69) is 32.9 Å². The first-order chi connectivity index (χ1) is 32.5. The molecule has 0 saturated carbocycles. The van der Waals surface area contributed by atoms with Gasteiger partial charge in [-0.15, -0.1) is 0 Å². The number of hydrogen-bond acceptors (Lipinski definition) is 6. The molecule has 0 N–H and O–H groups in total. The lowest BCUT2D eigenvalue weighted by molar-refractivity contribution is -0.167. The van der Waals surface area contributed by atoms with Crippen molar-refractivity contribution >= 4 is 17.9 Å². The number of carbonyl (C=O) groups excluding carboxylic acids is 3. The van der Waals surface area contributed by atoms with E-state index in [0.717, 1.165) is 64.2 Å². The minimum absolute atomic E-state index is 0.0663. The lowest BCUT2D eigenvalue weighted by Gasteiger charge is -2.18. The quantitative estimate of drug-likeness (QED) is 0.0262. The molecule has 0 aliphatic rings. The molecule has 390 valence electrons. The van der Waals surface area contributed by atoms with Gasteiger partial charge in [0.25, 0.3) is 0 Å². The Morgan fingerprint density at radius 3 is 0.758 bits per heavy atom. The zero-order valence-corrected chi connectivity index (χ0v) is 44.7. The SMILES string of the molecule is CCCCCCC/C=C\CCCCCCCC(=O)OCC(COC(=O)CCCCCCCCCCCCCCCCCCC)OC(=O)CCCCCCCCCCCCCCCCCCC. The number of hydrogen-bond donors (Lipinski definition) is 0. The molecule has 0 heterocycles. The van der Waals surface area contributed by atoms with Gasteiger partial charge in [0.1, 0.15) is 13.2 Å². The zero-order valence-electron chi connectivity index (χ0n) is 44.7. The molecule has 0 fully saturated rings. The summed E-state index contributed by atoms with van der Waals surface area (Å²) in [5, 5.41) is 0. The van der Waals surface area contributed by atoms with Crippen molar-refractivity contribution in [3.8, 4) is 0 Å². The second-order valence-corrected chi connectivity index (χ2v) is 20.3. The molecule has 0 aromatic carbocycles. The van der Waals surface area contributed by atoms with Gasteiger partial charge >= 0.3 is 17.9 Å². The van der Waals surface area contributed by atoms with Crippen LogP contribution in [0.4, 0.5) is 0 Å². The van der Waals surface area contributed by atoms with Crippen LogP contribution in [-0.2, 0) is 28.6 Å². The Morgan fingerprint density at radius 1 is 0.288 bits per heavy atom. The molecule has 0 aromatic rings. The van der Waals surface area contributed by atoms with Gasteiger partial charge in [-0.05, 0) is 44.9 Å². The van der Waals surface area contributed by atoms with E-state index in [-0.39, 0.29) is 31.1 Å². The number of allylic oxidation sites excluding steroid dienone is 2. The van der Waals surface area contributed by atoms with Crippen molar-refractivity contribution < 1.29 is 28.6 Å². The fourth-order valence-electron chi connectivity index (χ4n) is 9.03. The zero-order chi connectivity index (χ0) is 47.9. The lowest BCUT2D eigenvalue weighted by Crippen LogP contribution is -2.30. The topological polar surface area (TPSA) is 78.9 Å². The van der Waals surface area contributed by atoms with Crippen molar-refractivity contribution in [3.05, 3.63) is 12.2 Å². The van der Waals surface area contributed by atoms with Gasteiger partial charge in [0.15, 0.2) is 6.10 Å². The number of unbranched alkanes of at least 4 members (excludes halogenated alkanes) is 42. The predicted octanol–water partition coefficient (Wildman–Crippen LogP) is 19.7. The average Bonchev–Trinajstić information content (AvgIpc) is 3.31. The summed E-state index contributed by atoms with van der Waals surface area (Å²) in [7, 11) is 0. The van der Waals surface area contributed by atoms with Crippen LogP contribution in [-0.4, -0.2) is 37.2 Å². The Morgan fingerprint density at radius 2 is 0.500 bits per heavy atom. The number of esters is 3. The minimum atomic E-state index is -0.767. The van der Waals surface area contributed by atoms with Gasteiger partial charge in [-0.3, -0.25) is 14.4 Å². The first-order valence-electron chi connectivity index (χ1n) is 29.7. The van der Waals surface area contributed by atoms with Crippen LogP contribution in [0.25, 0.3) is 0 Å². The van der Waals surface area contributed by atoms with E-state index in [0.29, 0.717) is 19.3 Å². The molecule has 66 heavy (non-hydrogen) atoms. The molecule has 0 rings (SSSR count). The van der Waals surface area contributed by atoms with Crippen LogP contribution >= 0.6 is 0 Å². The van der Waals surface area contributed by atoms with Crippen LogP contribution in [0.15, 0.2) is 12.2 Å². The van der Waals surface area contributed by atoms with Crippen molar-refractivity contribution in [2.75, 3.05) is 13.2 Å². The average molecular weight is 932 g/mol. The van der Waals surface area contributed by atoms with Crippen molar-refractivity contribution in [1.82, 2.24) is 0 Å². The highest BCUT2D eigenvalue weighted by molar-refractivity contribution is 5.71. The molecule has 0 aliphatic carbocycles. The smallest absolute Gasteiger partial charge is 0.306 e. The van der Waals surface area contributed by atoms with E-state index >= 15 is 0 Å². The second kappa shape index (κ2) is 55.7. The standard InChI is InChI=1S/C60H114O6/c1-4-7-10-13-16-19-22-25-28-30-32-35-38-41-44-47-50-53-59(62)65-56-57(55-64-58(61)52-49-46-43-40-37-34-27-24-21-18-15-12-9-6-3)66-60(63)54-51-48-45-42-39-36-33-31-29-26-23-20-17-14-11-8-5-2/h24,27,57H,4-23,25-26,28-56H2,1-3H3/b27-24-. The largest absolute Gasteiger partial charge is 0.462 e. The molecular formula is C60H114O6. The van der Waals surface area contributed by atoms with Gasteiger partial charge in [0, 0.05) is 19.3 Å². The molecule has 0 amide bonds. The van der Waals surface area contributed by atoms with E-state index in [1.807, 2.05) is 0 Å². The molecule has 0 saturated heterocycles. The van der Waals surface area contributed by atoms with Crippen LogP contribution in [0.5, 0.6) is 0 Å². The molecular weight excluding hydrogens is 817 g/mol. The highest BCUT2D eigenvalue weighted by Gasteiger charge is 2.19. The van der Waals surface area contributed by atoms with E-state index in [1.54, 1.807) is 0 Å². The first-order valence-corrected chi connectivity index (χ1v) is 29.7. The summed E-state index contributed by atoms with van der Waals surface area (Å²) < 4.78 is 16.9. The molecule has 0 spiro atoms. The van der Waals surface area contributed by atoms with Crippen LogP contribution in [0.3, 0.4) is 0 Å². The first kappa shape index (κ1) is 64.2. The molecule has 6 heteroatoms. The van der Waals surface area contributed by atoms with E-state index in [9.17, 15) is 14.4 Å². The third kappa shape index (κ3) is 53.1. The Hall–Kier alpha value is -1.85. The third-order valence-electron chi connectivity index (χ3n) is 13.5. The summed E-state index contributed by atoms with van der Waals surface area (Å²) in [5.41, 5.74) is 0. The van der Waals surface area contributed by atoms with Crippen molar-refractivity contribution in [3.63, 3.8) is 0 Å². The Labute approximate surface area is 411 Å². The summed E-state index contributed by atoms with van der Waals surface area (Å²) in [5.74, 6) is -0.849. The summed E-state index contributed by atoms with van der Waals surface area (Å²) >= 11 is 0. The van der Waals surface area contributed by atoms with Gasteiger partial charge in [-0.25, -0.2) is 0 Å². The fourth-order valence-corrected chi connectivity index (χ4v) is 9.03. The normalized spacial score (nSPS) is 12.0. The van der Waals surface area contributed by atoms with Gasteiger partial charge in [0.05, 0.1) is 0 Å². The van der Waals surface area contributed by atoms with E-state index < -0.39 is 6.10 Å². The van der Waals surface area contributed by atoms with Gasteiger partial charge in [0.2, 0.25) is 0 Å². The van der Waals surface area contributed by atoms with Crippen LogP contribution in [0.2, 0.25) is 0 Å². The summed E-state index contributed by atoms with van der Waals surface area (Å²) in [6.07, 6.45) is 63.4. The van der Waals surface area contributed by atoms with Crippen molar-refractivity contribution in [2.24, 2.45) is 0 Å².